The Morgan fingerprint density at radius 1 is 0.824 bits per heavy atom. The zero-order valence-corrected chi connectivity index (χ0v) is 11.7. The van der Waals surface area contributed by atoms with Crippen molar-refractivity contribution in [3.05, 3.63) is 0 Å². The lowest BCUT2D eigenvalue weighted by atomic mass is 9.67. The summed E-state index contributed by atoms with van der Waals surface area (Å²) in [7, 11) is 0. The van der Waals surface area contributed by atoms with Gasteiger partial charge in [-0.15, -0.1) is 0 Å². The molecule has 0 radical (unpaired) electrons. The van der Waals surface area contributed by atoms with Crippen molar-refractivity contribution in [2.45, 2.75) is 77.7 Å². The fraction of sp³-hybridized carbons (Fsp3) is 1.00. The first kappa shape index (κ1) is 13.4. The summed E-state index contributed by atoms with van der Waals surface area (Å²) in [4.78, 5) is 0. The molecule has 2 aliphatic carbocycles. The van der Waals surface area contributed by atoms with E-state index in [1.165, 1.54) is 51.4 Å². The van der Waals surface area contributed by atoms with Gasteiger partial charge in [0.1, 0.15) is 0 Å². The molecular weight excluding hydrogens is 208 g/mol. The zero-order chi connectivity index (χ0) is 12.3. The van der Waals surface area contributed by atoms with Gasteiger partial charge in [-0.25, -0.2) is 0 Å². The van der Waals surface area contributed by atoms with Crippen LogP contribution in [0.1, 0.15) is 71.6 Å². The van der Waals surface area contributed by atoms with Gasteiger partial charge in [0.15, 0.2) is 0 Å². The third-order valence-corrected chi connectivity index (χ3v) is 5.62. The molecule has 0 bridgehead atoms. The van der Waals surface area contributed by atoms with E-state index in [4.69, 9.17) is 0 Å². The molecule has 3 atom stereocenters. The first-order valence-corrected chi connectivity index (χ1v) is 7.92. The molecule has 0 heterocycles. The van der Waals surface area contributed by atoms with Gasteiger partial charge in [0.2, 0.25) is 0 Å². The molecule has 2 saturated carbocycles. The Balaban J connectivity index is 1.87. The molecule has 3 unspecified atom stereocenters. The van der Waals surface area contributed by atoms with Crippen LogP contribution in [-0.4, -0.2) is 11.2 Å². The summed E-state index contributed by atoms with van der Waals surface area (Å²) in [5.41, 5.74) is 0. The highest BCUT2D eigenvalue weighted by atomic mass is 16.3. The molecule has 2 fully saturated rings. The predicted octanol–water partition coefficient (Wildman–Crippen LogP) is 4.39. The molecule has 0 saturated heterocycles. The minimum Gasteiger partial charge on any atom is -0.393 e. The average Bonchev–Trinajstić information content (AvgIpc) is 2.39. The molecule has 1 N–H and O–H groups in total. The lowest BCUT2D eigenvalue weighted by Gasteiger charge is -2.41. The Hall–Kier alpha value is -0.0400. The monoisotopic (exact) mass is 238 g/mol. The van der Waals surface area contributed by atoms with Gasteiger partial charge in [-0.3, -0.25) is 0 Å². The van der Waals surface area contributed by atoms with Crippen LogP contribution in [-0.2, 0) is 0 Å². The van der Waals surface area contributed by atoms with Crippen molar-refractivity contribution in [1.82, 2.24) is 0 Å². The highest BCUT2D eigenvalue weighted by Crippen LogP contribution is 2.42. The molecular formula is C16H30O. The van der Waals surface area contributed by atoms with Crippen LogP contribution in [0.3, 0.4) is 0 Å². The predicted molar refractivity (Wildman–Crippen MR) is 72.9 cm³/mol. The summed E-state index contributed by atoms with van der Waals surface area (Å²) >= 11 is 0. The molecule has 100 valence electrons. The Morgan fingerprint density at radius 3 is 2.00 bits per heavy atom. The van der Waals surface area contributed by atoms with Crippen LogP contribution in [0.5, 0.6) is 0 Å². The smallest absolute Gasteiger partial charge is 0.0571 e. The SMILES string of the molecule is CCC1CCC(C2CC(CC)CCC2O)CC1. The van der Waals surface area contributed by atoms with Gasteiger partial charge in [-0.1, -0.05) is 39.5 Å². The highest BCUT2D eigenvalue weighted by molar-refractivity contribution is 4.86. The minimum absolute atomic E-state index is 0.0148. The third kappa shape index (κ3) is 3.24. The van der Waals surface area contributed by atoms with Crippen molar-refractivity contribution < 1.29 is 5.11 Å². The van der Waals surface area contributed by atoms with E-state index >= 15 is 0 Å². The molecule has 0 spiro atoms. The number of rotatable bonds is 3. The van der Waals surface area contributed by atoms with Gasteiger partial charge in [0.25, 0.3) is 0 Å². The summed E-state index contributed by atoms with van der Waals surface area (Å²) in [6, 6.07) is 0. The van der Waals surface area contributed by atoms with E-state index in [1.54, 1.807) is 0 Å². The Kier molecular flexibility index (Phi) is 4.90. The lowest BCUT2D eigenvalue weighted by molar-refractivity contribution is 0.00177. The number of aliphatic hydroxyl groups is 1. The molecule has 2 rings (SSSR count). The van der Waals surface area contributed by atoms with Crippen LogP contribution in [0, 0.1) is 23.7 Å². The van der Waals surface area contributed by atoms with E-state index in [-0.39, 0.29) is 6.10 Å². The van der Waals surface area contributed by atoms with Crippen molar-refractivity contribution in [2.24, 2.45) is 23.7 Å². The molecule has 0 aliphatic heterocycles. The molecule has 0 aromatic carbocycles. The quantitative estimate of drug-likeness (QED) is 0.773. The maximum atomic E-state index is 10.3. The molecule has 17 heavy (non-hydrogen) atoms. The summed E-state index contributed by atoms with van der Waals surface area (Å²) in [6.07, 6.45) is 11.9. The van der Waals surface area contributed by atoms with Gasteiger partial charge in [0.05, 0.1) is 6.10 Å². The maximum Gasteiger partial charge on any atom is 0.0571 e. The summed E-state index contributed by atoms with van der Waals surface area (Å²) < 4.78 is 0. The van der Waals surface area contributed by atoms with Crippen LogP contribution in [0.15, 0.2) is 0 Å². The summed E-state index contributed by atoms with van der Waals surface area (Å²) in [6.45, 7) is 4.64. The molecule has 1 heteroatoms. The second kappa shape index (κ2) is 6.22. The van der Waals surface area contributed by atoms with Crippen LogP contribution in [0.2, 0.25) is 0 Å². The average molecular weight is 238 g/mol. The van der Waals surface area contributed by atoms with Crippen LogP contribution >= 0.6 is 0 Å². The summed E-state index contributed by atoms with van der Waals surface area (Å²) in [5, 5.41) is 10.3. The third-order valence-electron chi connectivity index (χ3n) is 5.62. The van der Waals surface area contributed by atoms with E-state index in [0.29, 0.717) is 5.92 Å². The first-order valence-electron chi connectivity index (χ1n) is 7.92. The van der Waals surface area contributed by atoms with Gasteiger partial charge >= 0.3 is 0 Å². The van der Waals surface area contributed by atoms with Crippen molar-refractivity contribution in [3.63, 3.8) is 0 Å². The van der Waals surface area contributed by atoms with Gasteiger partial charge in [-0.2, -0.15) is 0 Å². The first-order chi connectivity index (χ1) is 8.24. The van der Waals surface area contributed by atoms with E-state index < -0.39 is 0 Å². The molecule has 0 amide bonds. The fourth-order valence-electron chi connectivity index (χ4n) is 4.18. The maximum absolute atomic E-state index is 10.3. The van der Waals surface area contributed by atoms with E-state index in [9.17, 15) is 5.11 Å². The van der Waals surface area contributed by atoms with E-state index in [0.717, 1.165) is 24.2 Å². The zero-order valence-electron chi connectivity index (χ0n) is 11.7. The Labute approximate surface area is 107 Å². The number of aliphatic hydroxyl groups excluding tert-OH is 1. The standard InChI is InChI=1S/C16H30O/c1-3-12-5-8-14(9-6-12)15-11-13(4-2)7-10-16(15)17/h12-17H,3-11H2,1-2H3. The lowest BCUT2D eigenvalue weighted by Crippen LogP contribution is -2.36. The number of hydrogen-bond donors (Lipinski definition) is 1. The topological polar surface area (TPSA) is 20.2 Å². The van der Waals surface area contributed by atoms with Crippen LogP contribution in [0.25, 0.3) is 0 Å². The minimum atomic E-state index is 0.0148. The Morgan fingerprint density at radius 2 is 1.41 bits per heavy atom. The highest BCUT2D eigenvalue weighted by Gasteiger charge is 2.35. The second-order valence-electron chi connectivity index (χ2n) is 6.51. The van der Waals surface area contributed by atoms with Crippen molar-refractivity contribution in [1.29, 1.82) is 0 Å². The molecule has 1 nitrogen and oxygen atoms in total. The van der Waals surface area contributed by atoms with E-state index in [1.807, 2.05) is 0 Å². The van der Waals surface area contributed by atoms with Crippen LogP contribution in [0.4, 0.5) is 0 Å². The van der Waals surface area contributed by atoms with Gasteiger partial charge < -0.3 is 5.11 Å². The molecule has 2 aliphatic rings. The van der Waals surface area contributed by atoms with Crippen molar-refractivity contribution >= 4 is 0 Å². The van der Waals surface area contributed by atoms with Gasteiger partial charge in [0, 0.05) is 0 Å². The molecule has 0 aromatic heterocycles. The van der Waals surface area contributed by atoms with Gasteiger partial charge in [-0.05, 0) is 55.8 Å². The number of hydrogen-bond acceptors (Lipinski definition) is 1. The molecule has 0 aromatic rings. The normalized spacial score (nSPS) is 43.6. The summed E-state index contributed by atoms with van der Waals surface area (Å²) in [5.74, 6) is 3.34. The van der Waals surface area contributed by atoms with Crippen LogP contribution < -0.4 is 0 Å². The Bertz CT molecular complexity index is 218. The fourth-order valence-corrected chi connectivity index (χ4v) is 4.18. The van der Waals surface area contributed by atoms with Crippen molar-refractivity contribution in [3.8, 4) is 0 Å². The van der Waals surface area contributed by atoms with E-state index in [2.05, 4.69) is 13.8 Å². The largest absolute Gasteiger partial charge is 0.393 e. The second-order valence-corrected chi connectivity index (χ2v) is 6.51. The van der Waals surface area contributed by atoms with Crippen molar-refractivity contribution in [2.75, 3.05) is 0 Å².